The van der Waals surface area contributed by atoms with E-state index >= 15 is 0 Å². The molecule has 0 saturated heterocycles. The van der Waals surface area contributed by atoms with E-state index in [0.717, 1.165) is 12.1 Å². The van der Waals surface area contributed by atoms with E-state index in [0.29, 0.717) is 15.7 Å². The molecule has 5 heteroatoms. The van der Waals surface area contributed by atoms with Gasteiger partial charge >= 0.3 is 6.03 Å². The van der Waals surface area contributed by atoms with Crippen molar-refractivity contribution in [2.24, 2.45) is 0 Å². The molecule has 2 rings (SSSR count). The largest absolute Gasteiger partial charge is 0.323 e. The first-order chi connectivity index (χ1) is 9.58. The van der Waals surface area contributed by atoms with Crippen LogP contribution in [0.25, 0.3) is 0 Å². The lowest BCUT2D eigenvalue weighted by Gasteiger charge is -2.09. The molecule has 0 aromatic heterocycles. The van der Waals surface area contributed by atoms with Crippen LogP contribution in [0.3, 0.4) is 0 Å². The molecule has 2 aromatic rings. The Morgan fingerprint density at radius 2 is 1.75 bits per heavy atom. The summed E-state index contributed by atoms with van der Waals surface area (Å²) >= 11 is 11.8. The second kappa shape index (κ2) is 6.64. The summed E-state index contributed by atoms with van der Waals surface area (Å²) in [5, 5.41) is 6.35. The highest BCUT2D eigenvalue weighted by atomic mass is 35.5. The number of carbonyl (C=O) groups is 1. The van der Waals surface area contributed by atoms with Gasteiger partial charge in [0.2, 0.25) is 0 Å². The van der Waals surface area contributed by atoms with Gasteiger partial charge in [0, 0.05) is 10.7 Å². The van der Waals surface area contributed by atoms with E-state index < -0.39 is 0 Å². The lowest BCUT2D eigenvalue weighted by molar-refractivity contribution is 0.262. The smallest absolute Gasteiger partial charge is 0.308 e. The van der Waals surface area contributed by atoms with E-state index in [1.54, 1.807) is 18.2 Å². The Kier molecular flexibility index (Phi) is 4.88. The van der Waals surface area contributed by atoms with Crippen molar-refractivity contribution in [1.82, 2.24) is 0 Å². The predicted molar refractivity (Wildman–Crippen MR) is 84.9 cm³/mol. The Morgan fingerprint density at radius 3 is 2.40 bits per heavy atom. The number of aryl methyl sites for hydroxylation is 1. The third-order valence-electron chi connectivity index (χ3n) is 2.80. The first kappa shape index (κ1) is 14.7. The van der Waals surface area contributed by atoms with Gasteiger partial charge in [-0.15, -0.1) is 0 Å². The van der Waals surface area contributed by atoms with Crippen molar-refractivity contribution >= 4 is 40.6 Å². The lowest BCUT2D eigenvalue weighted by Crippen LogP contribution is -2.19. The fraction of sp³-hybridized carbons (Fsp3) is 0.133. The molecule has 0 aliphatic rings. The molecule has 2 N–H and O–H groups in total. The molecule has 0 bridgehead atoms. The average molecular weight is 309 g/mol. The van der Waals surface area contributed by atoms with Crippen LogP contribution in [0.4, 0.5) is 16.2 Å². The number of benzene rings is 2. The maximum absolute atomic E-state index is 11.9. The summed E-state index contributed by atoms with van der Waals surface area (Å²) in [5.41, 5.74) is 2.41. The Morgan fingerprint density at radius 1 is 1.05 bits per heavy atom. The van der Waals surface area contributed by atoms with Crippen LogP contribution in [0.2, 0.25) is 10.0 Å². The van der Waals surface area contributed by atoms with Crippen LogP contribution < -0.4 is 10.6 Å². The third-order valence-corrected chi connectivity index (χ3v) is 3.36. The van der Waals surface area contributed by atoms with E-state index in [1.807, 2.05) is 24.3 Å². The molecule has 3 nitrogen and oxygen atoms in total. The maximum atomic E-state index is 11.9. The van der Waals surface area contributed by atoms with Gasteiger partial charge in [-0.05, 0) is 42.3 Å². The van der Waals surface area contributed by atoms with Crippen molar-refractivity contribution in [1.29, 1.82) is 0 Å². The molecule has 0 unspecified atom stereocenters. The molecule has 0 spiro atoms. The summed E-state index contributed by atoms with van der Waals surface area (Å²) in [5.74, 6) is 0. The Hall–Kier alpha value is -1.71. The van der Waals surface area contributed by atoms with Gasteiger partial charge < -0.3 is 10.6 Å². The van der Waals surface area contributed by atoms with Crippen molar-refractivity contribution < 1.29 is 4.79 Å². The van der Waals surface area contributed by atoms with Crippen molar-refractivity contribution in [3.8, 4) is 0 Å². The summed E-state index contributed by atoms with van der Waals surface area (Å²) in [4.78, 5) is 11.9. The summed E-state index contributed by atoms with van der Waals surface area (Å²) in [6.07, 6.45) is 0.963. The number of amides is 2. The molecular weight excluding hydrogens is 295 g/mol. The zero-order valence-electron chi connectivity index (χ0n) is 10.9. The minimum atomic E-state index is -0.363. The Labute approximate surface area is 127 Å². The minimum Gasteiger partial charge on any atom is -0.308 e. The van der Waals surface area contributed by atoms with Gasteiger partial charge in [0.1, 0.15) is 0 Å². The van der Waals surface area contributed by atoms with Crippen molar-refractivity contribution in [3.05, 3.63) is 58.1 Å². The summed E-state index contributed by atoms with van der Waals surface area (Å²) in [6.45, 7) is 2.08. The predicted octanol–water partition coefficient (Wildman–Crippen LogP) is 5.20. The molecular formula is C15H14Cl2N2O. The number of nitrogens with one attached hydrogen (secondary N) is 2. The van der Waals surface area contributed by atoms with Gasteiger partial charge in [-0.3, -0.25) is 0 Å². The van der Waals surface area contributed by atoms with E-state index in [-0.39, 0.29) is 6.03 Å². The third kappa shape index (κ3) is 3.89. The van der Waals surface area contributed by atoms with Crippen LogP contribution in [0.1, 0.15) is 12.5 Å². The molecule has 0 aliphatic carbocycles. The van der Waals surface area contributed by atoms with Crippen molar-refractivity contribution in [3.63, 3.8) is 0 Å². The fourth-order valence-corrected chi connectivity index (χ4v) is 2.04. The van der Waals surface area contributed by atoms with E-state index in [4.69, 9.17) is 23.2 Å². The first-order valence-electron chi connectivity index (χ1n) is 6.20. The number of hydrogen-bond acceptors (Lipinski definition) is 1. The maximum Gasteiger partial charge on any atom is 0.323 e. The zero-order valence-corrected chi connectivity index (χ0v) is 12.4. The summed E-state index contributed by atoms with van der Waals surface area (Å²) < 4.78 is 0. The summed E-state index contributed by atoms with van der Waals surface area (Å²) in [6, 6.07) is 12.2. The molecule has 0 radical (unpaired) electrons. The van der Waals surface area contributed by atoms with E-state index in [1.165, 1.54) is 5.56 Å². The number of anilines is 2. The second-order valence-electron chi connectivity index (χ2n) is 4.25. The highest BCUT2D eigenvalue weighted by Crippen LogP contribution is 2.25. The molecule has 2 amide bonds. The number of hydrogen-bond donors (Lipinski definition) is 2. The normalized spacial score (nSPS) is 10.2. The number of carbonyl (C=O) groups excluding carboxylic acids is 1. The molecule has 0 heterocycles. The second-order valence-corrected chi connectivity index (χ2v) is 5.10. The van der Waals surface area contributed by atoms with Gasteiger partial charge in [-0.1, -0.05) is 42.3 Å². The molecule has 0 fully saturated rings. The topological polar surface area (TPSA) is 41.1 Å². The Balaban J connectivity index is 2.03. The van der Waals surface area contributed by atoms with Crippen molar-refractivity contribution in [2.75, 3.05) is 10.6 Å². The molecule has 2 aromatic carbocycles. The van der Waals surface area contributed by atoms with Crippen LogP contribution >= 0.6 is 23.2 Å². The minimum absolute atomic E-state index is 0.363. The molecule has 0 saturated carbocycles. The fourth-order valence-electron chi connectivity index (χ4n) is 1.70. The summed E-state index contributed by atoms with van der Waals surface area (Å²) in [7, 11) is 0. The SMILES string of the molecule is CCc1ccc(NC(=O)Nc2cc(Cl)ccc2Cl)cc1. The molecule has 104 valence electrons. The van der Waals surface area contributed by atoms with Gasteiger partial charge in [-0.2, -0.15) is 0 Å². The van der Waals surface area contributed by atoms with Crippen LogP contribution in [0, 0.1) is 0 Å². The van der Waals surface area contributed by atoms with Gasteiger partial charge in [0.25, 0.3) is 0 Å². The lowest BCUT2D eigenvalue weighted by atomic mass is 10.1. The number of urea groups is 1. The highest BCUT2D eigenvalue weighted by Gasteiger charge is 2.06. The number of halogens is 2. The molecule has 20 heavy (non-hydrogen) atoms. The zero-order chi connectivity index (χ0) is 14.5. The van der Waals surface area contributed by atoms with E-state index in [9.17, 15) is 4.79 Å². The van der Waals surface area contributed by atoms with Crippen LogP contribution in [-0.2, 0) is 6.42 Å². The average Bonchev–Trinajstić information content (AvgIpc) is 2.43. The molecule has 0 atom stereocenters. The quantitative estimate of drug-likeness (QED) is 0.804. The highest BCUT2D eigenvalue weighted by molar-refractivity contribution is 6.35. The standard InChI is InChI=1S/C15H14Cl2N2O/c1-2-10-3-6-12(7-4-10)18-15(20)19-14-9-11(16)5-8-13(14)17/h3-9H,2H2,1H3,(H2,18,19,20). The van der Waals surface area contributed by atoms with Gasteiger partial charge in [-0.25, -0.2) is 4.79 Å². The van der Waals surface area contributed by atoms with Crippen LogP contribution in [0.5, 0.6) is 0 Å². The van der Waals surface area contributed by atoms with Crippen LogP contribution in [-0.4, -0.2) is 6.03 Å². The van der Waals surface area contributed by atoms with Gasteiger partial charge in [0.05, 0.1) is 10.7 Å². The van der Waals surface area contributed by atoms with Gasteiger partial charge in [0.15, 0.2) is 0 Å². The van der Waals surface area contributed by atoms with E-state index in [2.05, 4.69) is 17.6 Å². The Bertz CT molecular complexity index is 612. The molecule has 0 aliphatic heterocycles. The number of rotatable bonds is 3. The monoisotopic (exact) mass is 308 g/mol. The van der Waals surface area contributed by atoms with Crippen molar-refractivity contribution in [2.45, 2.75) is 13.3 Å². The first-order valence-corrected chi connectivity index (χ1v) is 6.96. The van der Waals surface area contributed by atoms with Crippen LogP contribution in [0.15, 0.2) is 42.5 Å².